The predicted molar refractivity (Wildman–Crippen MR) is 99.8 cm³/mol. The molecule has 2 heterocycles. The maximum absolute atomic E-state index is 5.73. The van der Waals surface area contributed by atoms with Crippen LogP contribution in [0.15, 0.2) is 54.8 Å². The van der Waals surface area contributed by atoms with Crippen LogP contribution in [0.2, 0.25) is 0 Å². The lowest BCUT2D eigenvalue weighted by atomic mass is 9.92. The highest BCUT2D eigenvalue weighted by Gasteiger charge is 2.16. The minimum atomic E-state index is 0.563. The zero-order valence-corrected chi connectivity index (χ0v) is 13.6. The SMILES string of the molecule is NCc1ccc(-c2nc3c(cc2C2=CCCC=C2)CNC=C3)cc1. The number of hydrogen-bond acceptors (Lipinski definition) is 3. The third-order valence-electron chi connectivity index (χ3n) is 4.56. The van der Waals surface area contributed by atoms with E-state index in [0.29, 0.717) is 6.54 Å². The molecule has 1 aromatic heterocycles. The molecule has 0 atom stereocenters. The Kier molecular flexibility index (Phi) is 4.01. The molecule has 0 saturated heterocycles. The van der Waals surface area contributed by atoms with Crippen molar-refractivity contribution in [3.63, 3.8) is 0 Å². The van der Waals surface area contributed by atoms with E-state index in [1.807, 2.05) is 12.3 Å². The van der Waals surface area contributed by atoms with E-state index in [9.17, 15) is 0 Å². The predicted octanol–water partition coefficient (Wildman–Crippen LogP) is 4.01. The van der Waals surface area contributed by atoms with Crippen LogP contribution in [-0.2, 0) is 13.1 Å². The highest BCUT2D eigenvalue weighted by atomic mass is 14.9. The Hall–Kier alpha value is -2.65. The standard InChI is InChI=1S/C21H21N3/c22-13-15-6-8-17(9-7-15)21-19(16-4-2-1-3-5-16)12-18-14-23-11-10-20(18)24-21/h2,4-12,23H,1,3,13-14,22H2. The summed E-state index contributed by atoms with van der Waals surface area (Å²) in [5.74, 6) is 0. The summed E-state index contributed by atoms with van der Waals surface area (Å²) in [6.07, 6.45) is 13.0. The minimum Gasteiger partial charge on any atom is -0.387 e. The second kappa shape index (κ2) is 6.46. The number of rotatable bonds is 3. The lowest BCUT2D eigenvalue weighted by Gasteiger charge is -2.18. The Labute approximate surface area is 142 Å². The zero-order valence-electron chi connectivity index (χ0n) is 13.6. The first-order chi connectivity index (χ1) is 11.8. The van der Waals surface area contributed by atoms with Gasteiger partial charge in [0, 0.05) is 24.2 Å². The summed E-state index contributed by atoms with van der Waals surface area (Å²) in [7, 11) is 0. The Balaban J connectivity index is 1.88. The summed E-state index contributed by atoms with van der Waals surface area (Å²) < 4.78 is 0. The van der Waals surface area contributed by atoms with Gasteiger partial charge in [-0.3, -0.25) is 0 Å². The first-order valence-electron chi connectivity index (χ1n) is 8.45. The number of aromatic nitrogens is 1. The highest BCUT2D eigenvalue weighted by molar-refractivity contribution is 5.85. The van der Waals surface area contributed by atoms with E-state index in [-0.39, 0.29) is 0 Å². The quantitative estimate of drug-likeness (QED) is 0.899. The fourth-order valence-electron chi connectivity index (χ4n) is 3.21. The molecule has 3 heteroatoms. The Morgan fingerprint density at radius 3 is 2.71 bits per heavy atom. The molecule has 0 amide bonds. The summed E-state index contributed by atoms with van der Waals surface area (Å²) in [5.41, 5.74) is 13.8. The van der Waals surface area contributed by atoms with E-state index in [2.05, 4.69) is 53.9 Å². The molecule has 2 aromatic rings. The van der Waals surface area contributed by atoms with Gasteiger partial charge in [-0.25, -0.2) is 4.98 Å². The Bertz CT molecular complexity index is 842. The van der Waals surface area contributed by atoms with Crippen LogP contribution in [0.3, 0.4) is 0 Å². The average Bonchev–Trinajstić information content (AvgIpc) is 2.68. The average molecular weight is 315 g/mol. The van der Waals surface area contributed by atoms with Gasteiger partial charge in [0.2, 0.25) is 0 Å². The van der Waals surface area contributed by atoms with E-state index in [0.717, 1.165) is 41.9 Å². The van der Waals surface area contributed by atoms with Crippen LogP contribution in [0.1, 0.15) is 35.2 Å². The van der Waals surface area contributed by atoms with Crippen molar-refractivity contribution >= 4 is 11.6 Å². The van der Waals surface area contributed by atoms with Crippen LogP contribution in [0.4, 0.5) is 0 Å². The van der Waals surface area contributed by atoms with Crippen LogP contribution < -0.4 is 11.1 Å². The van der Waals surface area contributed by atoms with Gasteiger partial charge in [-0.05, 0) is 47.9 Å². The minimum absolute atomic E-state index is 0.563. The number of allylic oxidation sites excluding steroid dienone is 4. The number of nitrogens with two attached hydrogens (primary N) is 1. The van der Waals surface area contributed by atoms with Gasteiger partial charge in [0.15, 0.2) is 0 Å². The van der Waals surface area contributed by atoms with E-state index >= 15 is 0 Å². The lowest BCUT2D eigenvalue weighted by molar-refractivity contribution is 0.848. The number of fused-ring (bicyclic) bond motifs is 1. The molecule has 24 heavy (non-hydrogen) atoms. The number of nitrogens with one attached hydrogen (secondary N) is 1. The molecule has 0 radical (unpaired) electrons. The van der Waals surface area contributed by atoms with Crippen LogP contribution in [0, 0.1) is 0 Å². The lowest BCUT2D eigenvalue weighted by Crippen LogP contribution is -2.13. The molecule has 3 nitrogen and oxygen atoms in total. The van der Waals surface area contributed by atoms with E-state index < -0.39 is 0 Å². The van der Waals surface area contributed by atoms with E-state index in [1.165, 1.54) is 16.7 Å². The van der Waals surface area contributed by atoms with Gasteiger partial charge < -0.3 is 11.1 Å². The number of benzene rings is 1. The summed E-state index contributed by atoms with van der Waals surface area (Å²) in [6, 6.07) is 10.7. The van der Waals surface area contributed by atoms with Gasteiger partial charge in [0.05, 0.1) is 11.4 Å². The van der Waals surface area contributed by atoms with Gasteiger partial charge >= 0.3 is 0 Å². The van der Waals surface area contributed by atoms with Crippen LogP contribution in [-0.4, -0.2) is 4.98 Å². The van der Waals surface area contributed by atoms with Gasteiger partial charge in [-0.15, -0.1) is 0 Å². The first kappa shape index (κ1) is 14.9. The molecule has 0 unspecified atom stereocenters. The van der Waals surface area contributed by atoms with Crippen LogP contribution in [0.5, 0.6) is 0 Å². The van der Waals surface area contributed by atoms with Gasteiger partial charge in [0.1, 0.15) is 0 Å². The van der Waals surface area contributed by atoms with Crippen molar-refractivity contribution in [2.75, 3.05) is 0 Å². The van der Waals surface area contributed by atoms with Crippen molar-refractivity contribution in [3.05, 3.63) is 77.1 Å². The third-order valence-corrected chi connectivity index (χ3v) is 4.56. The maximum atomic E-state index is 5.73. The molecular formula is C21H21N3. The van der Waals surface area contributed by atoms with Crippen molar-refractivity contribution in [3.8, 4) is 11.3 Å². The second-order valence-corrected chi connectivity index (χ2v) is 6.18. The fraction of sp³-hybridized carbons (Fsp3) is 0.190. The number of pyridine rings is 1. The fourth-order valence-corrected chi connectivity index (χ4v) is 3.21. The maximum Gasteiger partial charge on any atom is 0.0787 e. The molecule has 2 aliphatic rings. The molecule has 0 fully saturated rings. The molecule has 1 aliphatic carbocycles. The first-order valence-corrected chi connectivity index (χ1v) is 8.45. The molecule has 0 bridgehead atoms. The van der Waals surface area contributed by atoms with Crippen molar-refractivity contribution in [1.82, 2.24) is 10.3 Å². The molecule has 0 spiro atoms. The molecule has 1 aromatic carbocycles. The van der Waals surface area contributed by atoms with Crippen molar-refractivity contribution in [2.24, 2.45) is 5.73 Å². The summed E-state index contributed by atoms with van der Waals surface area (Å²) in [5, 5.41) is 3.27. The van der Waals surface area contributed by atoms with Crippen molar-refractivity contribution in [2.45, 2.75) is 25.9 Å². The third kappa shape index (κ3) is 2.79. The summed E-state index contributed by atoms with van der Waals surface area (Å²) in [4.78, 5) is 4.98. The van der Waals surface area contributed by atoms with Gasteiger partial charge in [-0.2, -0.15) is 0 Å². The molecule has 4 rings (SSSR count). The van der Waals surface area contributed by atoms with Crippen molar-refractivity contribution < 1.29 is 0 Å². The Morgan fingerprint density at radius 2 is 1.96 bits per heavy atom. The second-order valence-electron chi connectivity index (χ2n) is 6.18. The largest absolute Gasteiger partial charge is 0.387 e. The molecular weight excluding hydrogens is 294 g/mol. The highest BCUT2D eigenvalue weighted by Crippen LogP contribution is 2.33. The van der Waals surface area contributed by atoms with Crippen LogP contribution in [0.25, 0.3) is 22.9 Å². The van der Waals surface area contributed by atoms with E-state index in [4.69, 9.17) is 10.7 Å². The van der Waals surface area contributed by atoms with E-state index in [1.54, 1.807) is 0 Å². The Morgan fingerprint density at radius 1 is 1.08 bits per heavy atom. The molecule has 3 N–H and O–H groups in total. The van der Waals surface area contributed by atoms with Crippen LogP contribution >= 0.6 is 0 Å². The molecule has 0 saturated carbocycles. The van der Waals surface area contributed by atoms with Gasteiger partial charge in [-0.1, -0.05) is 42.5 Å². The smallest absolute Gasteiger partial charge is 0.0787 e. The van der Waals surface area contributed by atoms with Crippen molar-refractivity contribution in [1.29, 1.82) is 0 Å². The van der Waals surface area contributed by atoms with Gasteiger partial charge in [0.25, 0.3) is 0 Å². The number of nitrogens with zero attached hydrogens (tertiary/aromatic N) is 1. The molecule has 120 valence electrons. The monoisotopic (exact) mass is 315 g/mol. The summed E-state index contributed by atoms with van der Waals surface area (Å²) >= 11 is 0. The normalized spacial score (nSPS) is 15.6. The number of hydrogen-bond donors (Lipinski definition) is 2. The topological polar surface area (TPSA) is 50.9 Å². The zero-order chi connectivity index (χ0) is 16.4. The molecule has 1 aliphatic heterocycles. The summed E-state index contributed by atoms with van der Waals surface area (Å²) in [6.45, 7) is 1.39.